The highest BCUT2D eigenvalue weighted by Crippen LogP contribution is 2.40. The summed E-state index contributed by atoms with van der Waals surface area (Å²) in [6.07, 6.45) is 0. The molecular formula is C8H3Cl2N3O2S. The molecule has 0 fully saturated rings. The lowest BCUT2D eigenvalue weighted by Crippen LogP contribution is -2.10. The molecule has 5 nitrogen and oxygen atoms in total. The molecule has 0 aliphatic heterocycles. The molecule has 0 aliphatic rings. The molecule has 2 heterocycles. The van der Waals surface area contributed by atoms with Gasteiger partial charge < -0.3 is 5.11 Å². The first-order valence-corrected chi connectivity index (χ1v) is 5.58. The second-order valence-corrected chi connectivity index (χ2v) is 4.88. The van der Waals surface area contributed by atoms with Crippen molar-refractivity contribution in [2.75, 3.05) is 0 Å². The number of halogens is 2. The van der Waals surface area contributed by atoms with Crippen molar-refractivity contribution in [1.29, 1.82) is 5.26 Å². The predicted octanol–water partition coefficient (Wildman–Crippen LogP) is 2.36. The molecular weight excluding hydrogens is 273 g/mol. The van der Waals surface area contributed by atoms with Gasteiger partial charge in [-0.3, -0.25) is 4.79 Å². The molecule has 0 aromatic carbocycles. The molecule has 0 bridgehead atoms. The van der Waals surface area contributed by atoms with E-state index >= 15 is 0 Å². The Morgan fingerprint density at radius 1 is 1.62 bits per heavy atom. The van der Waals surface area contributed by atoms with Gasteiger partial charge in [0.15, 0.2) is 5.69 Å². The largest absolute Gasteiger partial charge is 0.480 e. The Bertz CT molecular complexity index is 625. The molecule has 2 aromatic heterocycles. The van der Waals surface area contributed by atoms with Gasteiger partial charge in [-0.25, -0.2) is 4.68 Å². The molecule has 0 atom stereocenters. The molecule has 0 amide bonds. The molecule has 82 valence electrons. The van der Waals surface area contributed by atoms with Gasteiger partial charge in [0.2, 0.25) is 0 Å². The van der Waals surface area contributed by atoms with Gasteiger partial charge in [-0.2, -0.15) is 10.4 Å². The van der Waals surface area contributed by atoms with Crippen LogP contribution in [0.15, 0.2) is 0 Å². The van der Waals surface area contributed by atoms with Gasteiger partial charge in [-0.05, 0) is 0 Å². The van der Waals surface area contributed by atoms with E-state index in [1.54, 1.807) is 0 Å². The fraction of sp³-hybridized carbons (Fsp3) is 0.125. The molecule has 2 aromatic rings. The molecule has 0 aliphatic carbocycles. The van der Waals surface area contributed by atoms with Gasteiger partial charge >= 0.3 is 5.97 Å². The van der Waals surface area contributed by atoms with Gasteiger partial charge in [-0.15, -0.1) is 11.3 Å². The first-order valence-electron chi connectivity index (χ1n) is 4.00. The Balaban J connectivity index is 2.74. The van der Waals surface area contributed by atoms with Crippen LogP contribution >= 0.6 is 34.5 Å². The van der Waals surface area contributed by atoms with Crippen LogP contribution in [-0.2, 0) is 11.3 Å². The summed E-state index contributed by atoms with van der Waals surface area (Å²) in [7, 11) is 0. The number of aliphatic carboxylic acids is 1. The van der Waals surface area contributed by atoms with Crippen LogP contribution in [0.5, 0.6) is 0 Å². The third-order valence-electron chi connectivity index (χ3n) is 1.87. The monoisotopic (exact) mass is 275 g/mol. The molecule has 0 saturated heterocycles. The first-order chi connectivity index (χ1) is 7.54. The zero-order valence-corrected chi connectivity index (χ0v) is 9.90. The SMILES string of the molecule is N#Cc1nn(CC(=O)O)c2c(Cl)c(Cl)sc12. The van der Waals surface area contributed by atoms with Gasteiger partial charge in [0.25, 0.3) is 0 Å². The summed E-state index contributed by atoms with van der Waals surface area (Å²) in [5, 5.41) is 21.6. The predicted molar refractivity (Wildman–Crippen MR) is 60.0 cm³/mol. The highest BCUT2D eigenvalue weighted by Gasteiger charge is 2.20. The van der Waals surface area contributed by atoms with Crippen LogP contribution in [0.2, 0.25) is 9.36 Å². The van der Waals surface area contributed by atoms with Crippen molar-refractivity contribution in [1.82, 2.24) is 9.78 Å². The molecule has 2 rings (SSSR count). The summed E-state index contributed by atoms with van der Waals surface area (Å²) in [6, 6.07) is 1.87. The van der Waals surface area contributed by atoms with Crippen LogP contribution in [0.25, 0.3) is 10.2 Å². The van der Waals surface area contributed by atoms with E-state index in [1.807, 2.05) is 6.07 Å². The summed E-state index contributed by atoms with van der Waals surface area (Å²) < 4.78 is 2.00. The minimum absolute atomic E-state index is 0.134. The number of carboxylic acid groups (broad SMARTS) is 1. The van der Waals surface area contributed by atoms with E-state index in [2.05, 4.69) is 5.10 Å². The summed E-state index contributed by atoms with van der Waals surface area (Å²) in [4.78, 5) is 10.6. The zero-order valence-electron chi connectivity index (χ0n) is 7.57. The van der Waals surface area contributed by atoms with Crippen LogP contribution in [0.3, 0.4) is 0 Å². The summed E-state index contributed by atoms with van der Waals surface area (Å²) in [6.45, 7) is -0.356. The van der Waals surface area contributed by atoms with Crippen molar-refractivity contribution < 1.29 is 9.90 Å². The number of fused-ring (bicyclic) bond motifs is 1. The lowest BCUT2D eigenvalue weighted by molar-refractivity contribution is -0.137. The summed E-state index contributed by atoms with van der Waals surface area (Å²) >= 11 is 12.8. The average molecular weight is 276 g/mol. The molecule has 0 spiro atoms. The number of carboxylic acids is 1. The highest BCUT2D eigenvalue weighted by atomic mass is 35.5. The number of thiophene rings is 1. The van der Waals surface area contributed by atoms with E-state index in [4.69, 9.17) is 33.6 Å². The molecule has 0 unspecified atom stereocenters. The standard InChI is InChI=1S/C8H3Cl2N3O2S/c9-5-6-7(16-8(5)10)3(1-11)12-13(6)2-4(14)15/h2H2,(H,14,15). The van der Waals surface area contributed by atoms with Gasteiger partial charge in [0.05, 0.1) is 9.72 Å². The maximum Gasteiger partial charge on any atom is 0.325 e. The number of nitrogens with zero attached hydrogens (tertiary/aromatic N) is 3. The van der Waals surface area contributed by atoms with Crippen LogP contribution < -0.4 is 0 Å². The molecule has 8 heteroatoms. The fourth-order valence-corrected chi connectivity index (χ4v) is 2.84. The van der Waals surface area contributed by atoms with Crippen molar-refractivity contribution >= 4 is 50.7 Å². The van der Waals surface area contributed by atoms with E-state index in [1.165, 1.54) is 4.68 Å². The van der Waals surface area contributed by atoms with Gasteiger partial charge in [0.1, 0.15) is 22.5 Å². The minimum Gasteiger partial charge on any atom is -0.480 e. The Morgan fingerprint density at radius 3 is 2.88 bits per heavy atom. The van der Waals surface area contributed by atoms with Crippen LogP contribution in [-0.4, -0.2) is 20.9 Å². The second-order valence-electron chi connectivity index (χ2n) is 2.88. The Hall–Kier alpha value is -1.29. The van der Waals surface area contributed by atoms with Crippen LogP contribution in [0.4, 0.5) is 0 Å². The lowest BCUT2D eigenvalue weighted by Gasteiger charge is -1.97. The summed E-state index contributed by atoms with van der Waals surface area (Å²) in [5.74, 6) is -1.06. The number of rotatable bonds is 2. The number of nitriles is 1. The minimum atomic E-state index is -1.06. The van der Waals surface area contributed by atoms with Crippen LogP contribution in [0, 0.1) is 11.3 Å². The van der Waals surface area contributed by atoms with E-state index in [9.17, 15) is 4.79 Å². The molecule has 0 radical (unpaired) electrons. The number of hydrogen-bond donors (Lipinski definition) is 1. The smallest absolute Gasteiger partial charge is 0.325 e. The van der Waals surface area contributed by atoms with E-state index in [0.717, 1.165) is 11.3 Å². The van der Waals surface area contributed by atoms with Crippen molar-refractivity contribution in [3.05, 3.63) is 15.1 Å². The Morgan fingerprint density at radius 2 is 2.31 bits per heavy atom. The Labute approximate surface area is 103 Å². The van der Waals surface area contributed by atoms with Gasteiger partial charge in [-0.1, -0.05) is 23.2 Å². The highest BCUT2D eigenvalue weighted by molar-refractivity contribution is 7.23. The second kappa shape index (κ2) is 3.94. The van der Waals surface area contributed by atoms with Crippen molar-refractivity contribution in [3.63, 3.8) is 0 Å². The number of carbonyl (C=O) groups is 1. The Kier molecular flexibility index (Phi) is 2.76. The quantitative estimate of drug-likeness (QED) is 0.913. The maximum absolute atomic E-state index is 10.6. The summed E-state index contributed by atoms with van der Waals surface area (Å²) in [5.41, 5.74) is 0.533. The molecule has 0 saturated carbocycles. The third-order valence-corrected chi connectivity index (χ3v) is 3.84. The topological polar surface area (TPSA) is 78.9 Å². The van der Waals surface area contributed by atoms with E-state index < -0.39 is 5.97 Å². The normalized spacial score (nSPS) is 10.6. The third kappa shape index (κ3) is 1.63. The lowest BCUT2D eigenvalue weighted by atomic mass is 10.4. The van der Waals surface area contributed by atoms with Crippen LogP contribution in [0.1, 0.15) is 5.69 Å². The van der Waals surface area contributed by atoms with Crippen molar-refractivity contribution in [3.8, 4) is 6.07 Å². The molecule has 16 heavy (non-hydrogen) atoms. The van der Waals surface area contributed by atoms with Crippen molar-refractivity contribution in [2.24, 2.45) is 0 Å². The first kappa shape index (κ1) is 11.2. The average Bonchev–Trinajstić information content (AvgIpc) is 2.67. The maximum atomic E-state index is 10.6. The van der Waals surface area contributed by atoms with Crippen molar-refractivity contribution in [2.45, 2.75) is 6.54 Å². The van der Waals surface area contributed by atoms with E-state index in [-0.39, 0.29) is 17.3 Å². The zero-order chi connectivity index (χ0) is 11.9. The molecule has 1 N–H and O–H groups in total. The van der Waals surface area contributed by atoms with Gasteiger partial charge in [0, 0.05) is 0 Å². The fourth-order valence-electron chi connectivity index (χ4n) is 1.30. The number of aromatic nitrogens is 2. The van der Waals surface area contributed by atoms with E-state index in [0.29, 0.717) is 14.6 Å². The number of hydrogen-bond acceptors (Lipinski definition) is 4.